The molecule has 0 aliphatic carbocycles. The molecule has 22 heavy (non-hydrogen) atoms. The molecule has 4 rings (SSSR count). The van der Waals surface area contributed by atoms with Crippen LogP contribution in [0.2, 0.25) is 0 Å². The number of aromatic nitrogens is 2. The van der Waals surface area contributed by atoms with Crippen LogP contribution in [0.15, 0.2) is 48.8 Å². The number of fused-ring (bicyclic) bond motifs is 3. The average Bonchev–Trinajstić information content (AvgIpc) is 2.80. The minimum Gasteiger partial charge on any atom is -0.268 e. The van der Waals surface area contributed by atoms with Gasteiger partial charge in [-0.15, -0.1) is 0 Å². The van der Waals surface area contributed by atoms with E-state index in [4.69, 9.17) is 0 Å². The van der Waals surface area contributed by atoms with Crippen molar-refractivity contribution >= 4 is 28.4 Å². The number of anilines is 1. The minimum absolute atomic E-state index is 0.324. The highest BCUT2D eigenvalue weighted by Gasteiger charge is 2.40. The number of amides is 2. The lowest BCUT2D eigenvalue weighted by Gasteiger charge is -2.12. The van der Waals surface area contributed by atoms with Gasteiger partial charge in [-0.2, -0.15) is 0 Å². The minimum atomic E-state index is -0.344. The largest absolute Gasteiger partial charge is 0.268 e. The predicted molar refractivity (Wildman–Crippen MR) is 81.9 cm³/mol. The first-order chi connectivity index (χ1) is 10.7. The molecule has 5 nitrogen and oxygen atoms in total. The van der Waals surface area contributed by atoms with Gasteiger partial charge < -0.3 is 0 Å². The molecule has 0 atom stereocenters. The first kappa shape index (κ1) is 12.6. The van der Waals surface area contributed by atoms with Gasteiger partial charge >= 0.3 is 0 Å². The van der Waals surface area contributed by atoms with Gasteiger partial charge in [0.2, 0.25) is 0 Å². The van der Waals surface area contributed by atoms with Crippen LogP contribution in [0.25, 0.3) is 10.9 Å². The summed E-state index contributed by atoms with van der Waals surface area (Å²) in [5.41, 5.74) is 2.56. The second-order valence-electron chi connectivity index (χ2n) is 5.12. The Morgan fingerprint density at radius 2 is 1.73 bits per heavy atom. The third kappa shape index (κ3) is 1.59. The number of carbonyl (C=O) groups is 2. The van der Waals surface area contributed by atoms with Crippen molar-refractivity contribution in [3.05, 3.63) is 65.6 Å². The lowest BCUT2D eigenvalue weighted by atomic mass is 10.0. The lowest BCUT2D eigenvalue weighted by Crippen LogP contribution is -2.29. The summed E-state index contributed by atoms with van der Waals surface area (Å²) in [6.07, 6.45) is 3.11. The Morgan fingerprint density at radius 1 is 0.955 bits per heavy atom. The molecule has 0 bridgehead atoms. The third-order valence-electron chi connectivity index (χ3n) is 3.81. The Bertz CT molecular complexity index is 935. The van der Waals surface area contributed by atoms with Crippen LogP contribution in [0.5, 0.6) is 0 Å². The van der Waals surface area contributed by atoms with Crippen LogP contribution in [0, 0.1) is 6.92 Å². The molecule has 1 aromatic carbocycles. The van der Waals surface area contributed by atoms with E-state index in [-0.39, 0.29) is 11.8 Å². The van der Waals surface area contributed by atoms with E-state index in [1.807, 2.05) is 24.3 Å². The normalized spacial score (nSPS) is 13.8. The van der Waals surface area contributed by atoms with Crippen LogP contribution < -0.4 is 4.90 Å². The quantitative estimate of drug-likeness (QED) is 0.646. The summed E-state index contributed by atoms with van der Waals surface area (Å²) in [5.74, 6) is -0.668. The van der Waals surface area contributed by atoms with Crippen LogP contribution in [0.3, 0.4) is 0 Å². The molecular weight excluding hydrogens is 278 g/mol. The maximum Gasteiger partial charge on any atom is 0.268 e. The maximum atomic E-state index is 12.8. The molecule has 0 radical (unpaired) electrons. The molecule has 106 valence electrons. The molecule has 0 spiro atoms. The van der Waals surface area contributed by atoms with Crippen molar-refractivity contribution in [2.24, 2.45) is 0 Å². The number of rotatable bonds is 1. The molecule has 1 aliphatic rings. The van der Waals surface area contributed by atoms with Crippen molar-refractivity contribution in [1.29, 1.82) is 0 Å². The van der Waals surface area contributed by atoms with Crippen LogP contribution in [0.1, 0.15) is 26.4 Å². The van der Waals surface area contributed by atoms with E-state index in [1.54, 1.807) is 25.3 Å². The molecule has 0 fully saturated rings. The fourth-order valence-corrected chi connectivity index (χ4v) is 2.85. The third-order valence-corrected chi connectivity index (χ3v) is 3.81. The Kier molecular flexibility index (Phi) is 2.56. The maximum absolute atomic E-state index is 12.8. The predicted octanol–water partition coefficient (Wildman–Crippen LogP) is 2.74. The van der Waals surface area contributed by atoms with E-state index in [0.717, 1.165) is 0 Å². The average molecular weight is 289 g/mol. The molecule has 3 heterocycles. The Hall–Kier alpha value is -3.08. The van der Waals surface area contributed by atoms with Gasteiger partial charge in [-0.3, -0.25) is 19.6 Å². The summed E-state index contributed by atoms with van der Waals surface area (Å²) in [6.45, 7) is 1.75. The molecule has 0 saturated heterocycles. The molecule has 0 N–H and O–H groups in total. The number of hydrogen-bond acceptors (Lipinski definition) is 4. The zero-order valence-electron chi connectivity index (χ0n) is 11.8. The van der Waals surface area contributed by atoms with Crippen molar-refractivity contribution < 1.29 is 9.59 Å². The molecule has 2 amide bonds. The lowest BCUT2D eigenvalue weighted by molar-refractivity contribution is 0.0926. The molecule has 1 aliphatic heterocycles. The number of benzene rings is 1. The molecule has 0 saturated carbocycles. The number of hydrogen-bond donors (Lipinski definition) is 0. The fraction of sp³-hybridized carbons (Fsp3) is 0.0588. The highest BCUT2D eigenvalue weighted by molar-refractivity contribution is 6.37. The summed E-state index contributed by atoms with van der Waals surface area (Å²) in [4.78, 5) is 35.1. The van der Waals surface area contributed by atoms with E-state index < -0.39 is 0 Å². The first-order valence-electron chi connectivity index (χ1n) is 6.86. The van der Waals surface area contributed by atoms with Crippen LogP contribution >= 0.6 is 0 Å². The van der Waals surface area contributed by atoms with Crippen LogP contribution in [-0.4, -0.2) is 21.8 Å². The summed E-state index contributed by atoms with van der Waals surface area (Å²) >= 11 is 0. The summed E-state index contributed by atoms with van der Waals surface area (Å²) in [7, 11) is 0. The van der Waals surface area contributed by atoms with E-state index in [0.29, 0.717) is 33.4 Å². The molecular formula is C17H11N3O2. The number of carbonyl (C=O) groups excluding carboxylic acids is 2. The Morgan fingerprint density at radius 3 is 2.50 bits per heavy atom. The van der Waals surface area contributed by atoms with E-state index in [9.17, 15) is 9.59 Å². The van der Waals surface area contributed by atoms with Crippen molar-refractivity contribution in [2.45, 2.75) is 6.92 Å². The van der Waals surface area contributed by atoms with Crippen molar-refractivity contribution in [1.82, 2.24) is 9.97 Å². The highest BCUT2D eigenvalue weighted by Crippen LogP contribution is 2.33. The van der Waals surface area contributed by atoms with Gasteiger partial charge in [-0.25, -0.2) is 4.90 Å². The smallest absolute Gasteiger partial charge is 0.268 e. The van der Waals surface area contributed by atoms with Gasteiger partial charge in [0.25, 0.3) is 11.8 Å². The highest BCUT2D eigenvalue weighted by atomic mass is 16.2. The SMILES string of the molecule is Cc1nc2ccccc2c2c1C(=O)N(c1cccnc1)C2=O. The van der Waals surface area contributed by atoms with E-state index in [1.165, 1.54) is 11.1 Å². The van der Waals surface area contributed by atoms with Gasteiger partial charge in [-0.1, -0.05) is 18.2 Å². The zero-order chi connectivity index (χ0) is 15.3. The number of pyridine rings is 2. The van der Waals surface area contributed by atoms with Crippen molar-refractivity contribution in [2.75, 3.05) is 4.90 Å². The molecule has 3 aromatic rings. The standard InChI is InChI=1S/C17H11N3O2/c1-10-14-15(12-6-2-3-7-13(12)19-10)17(22)20(16(14)21)11-5-4-8-18-9-11/h2-9H,1H3. The van der Waals surface area contributed by atoms with Gasteiger partial charge in [0, 0.05) is 11.6 Å². The number of para-hydroxylation sites is 1. The zero-order valence-corrected chi connectivity index (χ0v) is 11.8. The fourth-order valence-electron chi connectivity index (χ4n) is 2.85. The second kappa shape index (κ2) is 4.46. The van der Waals surface area contributed by atoms with Gasteiger partial charge in [-0.05, 0) is 25.1 Å². The van der Waals surface area contributed by atoms with Crippen LogP contribution in [-0.2, 0) is 0 Å². The number of aryl methyl sites for hydroxylation is 1. The monoisotopic (exact) mass is 289 g/mol. The Labute approximate surface area is 126 Å². The van der Waals surface area contributed by atoms with Crippen molar-refractivity contribution in [3.8, 4) is 0 Å². The summed E-state index contributed by atoms with van der Waals surface area (Å²) < 4.78 is 0. The summed E-state index contributed by atoms with van der Waals surface area (Å²) in [6, 6.07) is 10.7. The first-order valence-corrected chi connectivity index (χ1v) is 6.86. The van der Waals surface area contributed by atoms with Crippen molar-refractivity contribution in [3.63, 3.8) is 0 Å². The number of nitrogens with zero attached hydrogens (tertiary/aromatic N) is 3. The van der Waals surface area contributed by atoms with Gasteiger partial charge in [0.15, 0.2) is 0 Å². The van der Waals surface area contributed by atoms with Gasteiger partial charge in [0.05, 0.1) is 34.2 Å². The Balaban J connectivity index is 2.02. The molecule has 0 unspecified atom stereocenters. The van der Waals surface area contributed by atoms with E-state index in [2.05, 4.69) is 9.97 Å². The topological polar surface area (TPSA) is 63.2 Å². The van der Waals surface area contributed by atoms with Crippen LogP contribution in [0.4, 0.5) is 5.69 Å². The molecule has 5 heteroatoms. The summed E-state index contributed by atoms with van der Waals surface area (Å²) in [5, 5.41) is 0.702. The van der Waals surface area contributed by atoms with E-state index >= 15 is 0 Å². The number of imide groups is 1. The second-order valence-corrected chi connectivity index (χ2v) is 5.12. The molecule has 2 aromatic heterocycles. The van der Waals surface area contributed by atoms with Gasteiger partial charge in [0.1, 0.15) is 0 Å².